The van der Waals surface area contributed by atoms with Crippen LogP contribution in [0.25, 0.3) is 27.6 Å². The molecule has 0 amide bonds. The van der Waals surface area contributed by atoms with Gasteiger partial charge < -0.3 is 15.2 Å². The van der Waals surface area contributed by atoms with E-state index in [4.69, 9.17) is 9.72 Å². The van der Waals surface area contributed by atoms with Crippen LogP contribution in [0.2, 0.25) is 0 Å². The maximum absolute atomic E-state index is 14.4. The number of ether oxygens (including phenoxy) is 1. The summed E-state index contributed by atoms with van der Waals surface area (Å²) in [6.07, 6.45) is 2.03. The van der Waals surface area contributed by atoms with Crippen LogP contribution in [-0.4, -0.2) is 44.1 Å². The Kier molecular flexibility index (Phi) is 5.32. The van der Waals surface area contributed by atoms with Gasteiger partial charge in [-0.25, -0.2) is 23.4 Å². The number of fused-ring (bicyclic) bond motifs is 3. The van der Waals surface area contributed by atoms with E-state index in [0.717, 1.165) is 21.4 Å². The van der Waals surface area contributed by atoms with E-state index in [1.165, 1.54) is 34.5 Å². The number of hydrogen-bond donors (Lipinski definition) is 2. The molecule has 0 bridgehead atoms. The topological polar surface area (TPSA) is 85.1 Å². The number of benzene rings is 1. The molecule has 1 aromatic carbocycles. The molecule has 0 radical (unpaired) electrons. The van der Waals surface area contributed by atoms with E-state index in [9.17, 15) is 13.9 Å². The Morgan fingerprint density at radius 1 is 1.25 bits per heavy atom. The van der Waals surface area contributed by atoms with Gasteiger partial charge in [0.2, 0.25) is 0 Å². The van der Waals surface area contributed by atoms with Crippen molar-refractivity contribution in [1.82, 2.24) is 19.7 Å². The molecule has 0 spiro atoms. The highest BCUT2D eigenvalue weighted by atomic mass is 32.1. The predicted molar refractivity (Wildman–Crippen MR) is 117 cm³/mol. The third kappa shape index (κ3) is 3.71. The summed E-state index contributed by atoms with van der Waals surface area (Å²) in [4.78, 5) is 10.9. The first-order valence-electron chi connectivity index (χ1n) is 10.0. The SMILES string of the molecule is CC(CO)Nc1ccc2c(n1)-c1cc(-c3ncnn3-c3ccc(F)cc3F)sc1CCO2. The van der Waals surface area contributed by atoms with Crippen molar-refractivity contribution in [3.63, 3.8) is 0 Å². The van der Waals surface area contributed by atoms with E-state index in [-0.39, 0.29) is 18.3 Å². The number of aromatic nitrogens is 4. The van der Waals surface area contributed by atoms with Gasteiger partial charge in [0, 0.05) is 29.0 Å². The number of pyridine rings is 1. The van der Waals surface area contributed by atoms with Crippen molar-refractivity contribution in [1.29, 1.82) is 0 Å². The van der Waals surface area contributed by atoms with Gasteiger partial charge in [-0.15, -0.1) is 11.3 Å². The fraction of sp³-hybridized carbons (Fsp3) is 0.227. The van der Waals surface area contributed by atoms with Crippen molar-refractivity contribution in [2.75, 3.05) is 18.5 Å². The first kappa shape index (κ1) is 20.5. The summed E-state index contributed by atoms with van der Waals surface area (Å²) >= 11 is 1.51. The van der Waals surface area contributed by atoms with E-state index >= 15 is 0 Å². The van der Waals surface area contributed by atoms with E-state index in [1.807, 2.05) is 25.1 Å². The van der Waals surface area contributed by atoms with Crippen molar-refractivity contribution in [3.05, 3.63) is 59.2 Å². The highest BCUT2D eigenvalue weighted by Crippen LogP contribution is 2.42. The molecule has 2 N–H and O–H groups in total. The minimum Gasteiger partial charge on any atom is -0.491 e. The maximum Gasteiger partial charge on any atom is 0.173 e. The first-order valence-corrected chi connectivity index (χ1v) is 10.9. The van der Waals surface area contributed by atoms with Gasteiger partial charge in [0.15, 0.2) is 11.6 Å². The highest BCUT2D eigenvalue weighted by molar-refractivity contribution is 7.16. The minimum atomic E-state index is -0.719. The maximum atomic E-state index is 14.4. The number of aliphatic hydroxyl groups excluding tert-OH is 1. The van der Waals surface area contributed by atoms with Crippen molar-refractivity contribution in [2.45, 2.75) is 19.4 Å². The number of nitrogens with one attached hydrogen (secondary N) is 1. The van der Waals surface area contributed by atoms with Crippen molar-refractivity contribution >= 4 is 17.2 Å². The zero-order valence-corrected chi connectivity index (χ0v) is 17.9. The van der Waals surface area contributed by atoms with Gasteiger partial charge in [-0.1, -0.05) is 0 Å². The molecule has 5 rings (SSSR count). The Hall–Kier alpha value is -3.37. The molecule has 164 valence electrons. The summed E-state index contributed by atoms with van der Waals surface area (Å²) in [6.45, 7) is 2.35. The van der Waals surface area contributed by atoms with Gasteiger partial charge in [-0.3, -0.25) is 0 Å². The molecule has 3 aromatic heterocycles. The third-order valence-corrected chi connectivity index (χ3v) is 6.27. The van der Waals surface area contributed by atoms with Gasteiger partial charge >= 0.3 is 0 Å². The molecule has 0 saturated carbocycles. The average molecular weight is 455 g/mol. The summed E-state index contributed by atoms with van der Waals surface area (Å²) in [5.74, 6) is 0.383. The van der Waals surface area contributed by atoms with E-state index in [0.29, 0.717) is 36.1 Å². The molecule has 1 atom stereocenters. The second kappa shape index (κ2) is 8.29. The number of hydrogen-bond acceptors (Lipinski definition) is 7. The van der Waals surface area contributed by atoms with Gasteiger partial charge in [0.25, 0.3) is 0 Å². The summed E-state index contributed by atoms with van der Waals surface area (Å²) in [5.41, 5.74) is 1.72. The van der Waals surface area contributed by atoms with Gasteiger partial charge in [-0.2, -0.15) is 5.10 Å². The fourth-order valence-corrected chi connectivity index (χ4v) is 4.68. The van der Waals surface area contributed by atoms with Gasteiger partial charge in [0.05, 0.1) is 18.1 Å². The quantitative estimate of drug-likeness (QED) is 0.472. The second-order valence-corrected chi connectivity index (χ2v) is 8.55. The Labute approximate surface area is 186 Å². The number of anilines is 1. The zero-order chi connectivity index (χ0) is 22.2. The standard InChI is InChI=1S/C22H19F2N5O2S/c1-12(10-30)27-20-5-4-17-21(28-20)14-9-19(32-18(14)6-7-31-17)22-25-11-26-29(22)16-3-2-13(23)8-15(16)24/h2-5,8-9,11-12,30H,6-7,10H2,1H3,(H,27,28). The molecule has 10 heteroatoms. The normalized spacial score (nSPS) is 13.6. The molecule has 4 heterocycles. The summed E-state index contributed by atoms with van der Waals surface area (Å²) in [7, 11) is 0. The summed E-state index contributed by atoms with van der Waals surface area (Å²) in [5, 5.41) is 16.6. The van der Waals surface area contributed by atoms with Crippen LogP contribution in [0.4, 0.5) is 14.6 Å². The molecule has 0 aliphatic carbocycles. The van der Waals surface area contributed by atoms with Crippen LogP contribution in [-0.2, 0) is 6.42 Å². The average Bonchev–Trinajstić information content (AvgIpc) is 3.38. The molecule has 1 aliphatic heterocycles. The Balaban J connectivity index is 1.58. The van der Waals surface area contributed by atoms with Crippen LogP contribution < -0.4 is 10.1 Å². The molecule has 1 aliphatic rings. The third-order valence-electron chi connectivity index (χ3n) is 5.08. The molecular formula is C22H19F2N5O2S. The first-order chi connectivity index (χ1) is 15.5. The molecule has 0 saturated heterocycles. The summed E-state index contributed by atoms with van der Waals surface area (Å²) < 4.78 is 35.0. The van der Waals surface area contributed by atoms with Crippen LogP contribution in [0.15, 0.2) is 42.7 Å². The fourth-order valence-electron chi connectivity index (χ4n) is 3.55. The lowest BCUT2D eigenvalue weighted by Crippen LogP contribution is -2.20. The Bertz CT molecular complexity index is 1290. The molecular weight excluding hydrogens is 436 g/mol. The lowest BCUT2D eigenvalue weighted by molar-refractivity contribution is 0.281. The lowest BCUT2D eigenvalue weighted by atomic mass is 10.1. The number of rotatable bonds is 5. The van der Waals surface area contributed by atoms with Crippen molar-refractivity contribution in [2.24, 2.45) is 0 Å². The van der Waals surface area contributed by atoms with Crippen LogP contribution in [0.3, 0.4) is 0 Å². The molecule has 7 nitrogen and oxygen atoms in total. The van der Waals surface area contributed by atoms with Gasteiger partial charge in [-0.05, 0) is 37.3 Å². The van der Waals surface area contributed by atoms with Crippen LogP contribution in [0.5, 0.6) is 5.75 Å². The molecule has 32 heavy (non-hydrogen) atoms. The van der Waals surface area contributed by atoms with Crippen LogP contribution in [0.1, 0.15) is 11.8 Å². The van der Waals surface area contributed by atoms with Crippen LogP contribution in [0, 0.1) is 11.6 Å². The van der Waals surface area contributed by atoms with Crippen molar-refractivity contribution in [3.8, 4) is 33.4 Å². The zero-order valence-electron chi connectivity index (χ0n) is 17.0. The van der Waals surface area contributed by atoms with E-state index < -0.39 is 11.6 Å². The van der Waals surface area contributed by atoms with Crippen LogP contribution >= 0.6 is 11.3 Å². The second-order valence-electron chi connectivity index (χ2n) is 7.41. The number of nitrogens with zero attached hydrogens (tertiary/aromatic N) is 4. The van der Waals surface area contributed by atoms with Crippen molar-refractivity contribution < 1.29 is 18.6 Å². The molecule has 0 fully saturated rings. The van der Waals surface area contributed by atoms with E-state index in [2.05, 4.69) is 15.4 Å². The molecule has 4 aromatic rings. The monoisotopic (exact) mass is 455 g/mol. The Morgan fingerprint density at radius 2 is 2.12 bits per heavy atom. The highest BCUT2D eigenvalue weighted by Gasteiger charge is 2.24. The Morgan fingerprint density at radius 3 is 2.94 bits per heavy atom. The number of thiophene rings is 1. The van der Waals surface area contributed by atoms with Gasteiger partial charge in [0.1, 0.15) is 35.1 Å². The lowest BCUT2D eigenvalue weighted by Gasteiger charge is -2.14. The largest absolute Gasteiger partial charge is 0.491 e. The number of aliphatic hydroxyl groups is 1. The predicted octanol–water partition coefficient (Wildman–Crippen LogP) is 4.06. The summed E-state index contributed by atoms with van der Waals surface area (Å²) in [6, 6.07) is 8.83. The smallest absolute Gasteiger partial charge is 0.173 e. The number of halogens is 2. The van der Waals surface area contributed by atoms with E-state index in [1.54, 1.807) is 0 Å². The minimum absolute atomic E-state index is 0.0152. The molecule has 1 unspecified atom stereocenters.